The summed E-state index contributed by atoms with van der Waals surface area (Å²) in [4.78, 5) is 28.0. The molecule has 3 rings (SSSR count). The number of carbonyl (C=O) groups excluding carboxylic acids is 1. The minimum atomic E-state index is -0.199. The van der Waals surface area contributed by atoms with E-state index in [9.17, 15) is 9.59 Å². The van der Waals surface area contributed by atoms with Crippen molar-refractivity contribution in [2.75, 3.05) is 27.3 Å². The first-order chi connectivity index (χ1) is 12.6. The van der Waals surface area contributed by atoms with Crippen molar-refractivity contribution in [3.8, 4) is 11.5 Å². The number of H-pyrrole nitrogens is 1. The predicted molar refractivity (Wildman–Crippen MR) is 98.9 cm³/mol. The van der Waals surface area contributed by atoms with E-state index >= 15 is 0 Å². The Labute approximate surface area is 152 Å². The van der Waals surface area contributed by atoms with Gasteiger partial charge in [-0.15, -0.1) is 0 Å². The number of likely N-dealkylation sites (tertiary alicyclic amines) is 1. The molecule has 26 heavy (non-hydrogen) atoms. The van der Waals surface area contributed by atoms with Crippen molar-refractivity contribution in [1.82, 2.24) is 9.88 Å². The number of ether oxygens (including phenoxy) is 2. The largest absolute Gasteiger partial charge is 0.493 e. The number of amides is 1. The Bertz CT molecular complexity index is 802. The topological polar surface area (TPSA) is 71.6 Å². The summed E-state index contributed by atoms with van der Waals surface area (Å²) < 4.78 is 10.6. The first kappa shape index (κ1) is 18.0. The average Bonchev–Trinajstić information content (AvgIpc) is 2.68. The van der Waals surface area contributed by atoms with Gasteiger partial charge in [0.1, 0.15) is 0 Å². The maximum atomic E-state index is 12.5. The summed E-state index contributed by atoms with van der Waals surface area (Å²) in [5, 5.41) is 0. The van der Waals surface area contributed by atoms with E-state index in [1.165, 1.54) is 17.8 Å². The van der Waals surface area contributed by atoms with Gasteiger partial charge in [-0.05, 0) is 48.9 Å². The first-order valence-corrected chi connectivity index (χ1v) is 8.79. The number of nitrogens with one attached hydrogen (secondary N) is 1. The highest BCUT2D eigenvalue weighted by molar-refractivity contribution is 5.93. The molecular formula is C20H24N2O4. The molecule has 1 amide bonds. The molecule has 0 bridgehead atoms. The van der Waals surface area contributed by atoms with Crippen LogP contribution >= 0.6 is 0 Å². The fraction of sp³-hybridized carbons (Fsp3) is 0.400. The number of benzene rings is 1. The average molecular weight is 356 g/mol. The number of nitrogens with zero attached hydrogens (tertiary/aromatic N) is 1. The van der Waals surface area contributed by atoms with Crippen LogP contribution in [0, 0.1) is 5.92 Å². The van der Waals surface area contributed by atoms with Gasteiger partial charge < -0.3 is 19.4 Å². The van der Waals surface area contributed by atoms with Crippen molar-refractivity contribution in [2.24, 2.45) is 5.92 Å². The number of rotatable bonds is 5. The number of hydrogen-bond acceptors (Lipinski definition) is 4. The van der Waals surface area contributed by atoms with E-state index in [0.29, 0.717) is 11.5 Å². The number of piperidine rings is 1. The highest BCUT2D eigenvalue weighted by Crippen LogP contribution is 2.30. The Kier molecular flexibility index (Phi) is 5.61. The van der Waals surface area contributed by atoms with Gasteiger partial charge in [-0.3, -0.25) is 9.59 Å². The number of methoxy groups -OCH3 is 2. The van der Waals surface area contributed by atoms with Crippen LogP contribution in [-0.4, -0.2) is 43.1 Å². The van der Waals surface area contributed by atoms with E-state index < -0.39 is 0 Å². The SMILES string of the molecule is COc1ccc(CC2CCN(C(=O)c3ccc(=O)[nH]c3)CC2)cc1OC. The summed E-state index contributed by atoms with van der Waals surface area (Å²) in [6.45, 7) is 1.46. The zero-order chi connectivity index (χ0) is 18.5. The van der Waals surface area contributed by atoms with Gasteiger partial charge in [0, 0.05) is 25.4 Å². The molecule has 2 aromatic rings. The van der Waals surface area contributed by atoms with E-state index in [-0.39, 0.29) is 11.5 Å². The Balaban J connectivity index is 1.57. The van der Waals surface area contributed by atoms with Crippen molar-refractivity contribution in [2.45, 2.75) is 19.3 Å². The second-order valence-electron chi connectivity index (χ2n) is 6.57. The van der Waals surface area contributed by atoms with E-state index in [2.05, 4.69) is 11.1 Å². The lowest BCUT2D eigenvalue weighted by Crippen LogP contribution is -2.39. The van der Waals surface area contributed by atoms with Crippen molar-refractivity contribution < 1.29 is 14.3 Å². The normalized spacial score (nSPS) is 14.9. The lowest BCUT2D eigenvalue weighted by Gasteiger charge is -2.32. The molecule has 1 aliphatic rings. The van der Waals surface area contributed by atoms with Gasteiger partial charge in [0.25, 0.3) is 5.91 Å². The first-order valence-electron chi connectivity index (χ1n) is 8.79. The molecular weight excluding hydrogens is 332 g/mol. The third-order valence-electron chi connectivity index (χ3n) is 4.91. The monoisotopic (exact) mass is 356 g/mol. The molecule has 1 N–H and O–H groups in total. The second kappa shape index (κ2) is 8.08. The van der Waals surface area contributed by atoms with Crippen LogP contribution in [0.4, 0.5) is 0 Å². The zero-order valence-corrected chi connectivity index (χ0v) is 15.2. The van der Waals surface area contributed by atoms with Crippen molar-refractivity contribution in [1.29, 1.82) is 0 Å². The predicted octanol–water partition coefficient (Wildman–Crippen LogP) is 2.49. The fourth-order valence-corrected chi connectivity index (χ4v) is 3.41. The smallest absolute Gasteiger partial charge is 0.255 e. The second-order valence-corrected chi connectivity index (χ2v) is 6.57. The van der Waals surface area contributed by atoms with Crippen LogP contribution in [0.3, 0.4) is 0 Å². The van der Waals surface area contributed by atoms with Gasteiger partial charge in [-0.25, -0.2) is 0 Å². The van der Waals surface area contributed by atoms with Gasteiger partial charge in [0.05, 0.1) is 19.8 Å². The number of aromatic amines is 1. The zero-order valence-electron chi connectivity index (χ0n) is 15.2. The third kappa shape index (κ3) is 4.07. The van der Waals surface area contributed by atoms with E-state index in [0.717, 1.165) is 43.9 Å². The Morgan fingerprint density at radius 2 is 1.85 bits per heavy atom. The summed E-state index contributed by atoms with van der Waals surface area (Å²) in [6, 6.07) is 8.99. The van der Waals surface area contributed by atoms with Gasteiger partial charge in [-0.2, -0.15) is 0 Å². The lowest BCUT2D eigenvalue weighted by atomic mass is 9.90. The van der Waals surface area contributed by atoms with Crippen LogP contribution in [0.25, 0.3) is 0 Å². The molecule has 1 fully saturated rings. The quantitative estimate of drug-likeness (QED) is 0.893. The van der Waals surface area contributed by atoms with Gasteiger partial charge >= 0.3 is 0 Å². The standard InChI is InChI=1S/C20H24N2O4/c1-25-17-5-3-15(12-18(17)26-2)11-14-7-9-22(10-8-14)20(24)16-4-6-19(23)21-13-16/h3-6,12-14H,7-11H2,1-2H3,(H,21,23). The molecule has 1 aromatic carbocycles. The molecule has 0 unspecified atom stereocenters. The van der Waals surface area contributed by atoms with Crippen LogP contribution in [0.1, 0.15) is 28.8 Å². The number of aromatic nitrogens is 1. The highest BCUT2D eigenvalue weighted by Gasteiger charge is 2.24. The molecule has 1 aliphatic heterocycles. The highest BCUT2D eigenvalue weighted by atomic mass is 16.5. The molecule has 1 aromatic heterocycles. The summed E-state index contributed by atoms with van der Waals surface area (Å²) in [6.07, 6.45) is 4.37. The maximum Gasteiger partial charge on any atom is 0.255 e. The van der Waals surface area contributed by atoms with E-state index in [1.807, 2.05) is 17.0 Å². The van der Waals surface area contributed by atoms with Crippen LogP contribution in [0.2, 0.25) is 0 Å². The molecule has 0 radical (unpaired) electrons. The minimum Gasteiger partial charge on any atom is -0.493 e. The summed E-state index contributed by atoms with van der Waals surface area (Å²) >= 11 is 0. The van der Waals surface area contributed by atoms with Crippen LogP contribution in [-0.2, 0) is 6.42 Å². The molecule has 6 heteroatoms. The van der Waals surface area contributed by atoms with Gasteiger partial charge in [-0.1, -0.05) is 6.07 Å². The Hall–Kier alpha value is -2.76. The van der Waals surface area contributed by atoms with Crippen molar-refractivity contribution in [3.05, 3.63) is 58.0 Å². The molecule has 138 valence electrons. The molecule has 0 saturated carbocycles. The van der Waals surface area contributed by atoms with Crippen LogP contribution in [0.15, 0.2) is 41.3 Å². The number of hydrogen-bond donors (Lipinski definition) is 1. The number of carbonyl (C=O) groups is 1. The molecule has 2 heterocycles. The van der Waals surface area contributed by atoms with Crippen LogP contribution < -0.4 is 15.0 Å². The summed E-state index contributed by atoms with van der Waals surface area (Å²) in [5.41, 5.74) is 1.55. The molecule has 0 spiro atoms. The Morgan fingerprint density at radius 1 is 1.12 bits per heavy atom. The lowest BCUT2D eigenvalue weighted by molar-refractivity contribution is 0.0690. The molecule has 6 nitrogen and oxygen atoms in total. The molecule has 0 atom stereocenters. The van der Waals surface area contributed by atoms with Gasteiger partial charge in [0.15, 0.2) is 11.5 Å². The van der Waals surface area contributed by atoms with E-state index in [1.54, 1.807) is 20.3 Å². The Morgan fingerprint density at radius 3 is 2.46 bits per heavy atom. The maximum absolute atomic E-state index is 12.5. The fourth-order valence-electron chi connectivity index (χ4n) is 3.41. The molecule has 0 aliphatic carbocycles. The molecule has 1 saturated heterocycles. The third-order valence-corrected chi connectivity index (χ3v) is 4.91. The summed E-state index contributed by atoms with van der Waals surface area (Å²) in [5.74, 6) is 1.99. The van der Waals surface area contributed by atoms with Gasteiger partial charge in [0.2, 0.25) is 5.56 Å². The van der Waals surface area contributed by atoms with Crippen LogP contribution in [0.5, 0.6) is 11.5 Å². The minimum absolute atomic E-state index is 0.0224. The summed E-state index contributed by atoms with van der Waals surface area (Å²) in [7, 11) is 3.27. The van der Waals surface area contributed by atoms with E-state index in [4.69, 9.17) is 9.47 Å². The van der Waals surface area contributed by atoms with Crippen molar-refractivity contribution in [3.63, 3.8) is 0 Å². The van der Waals surface area contributed by atoms with Crippen molar-refractivity contribution >= 4 is 5.91 Å². The number of pyridine rings is 1.